The van der Waals surface area contributed by atoms with Crippen molar-refractivity contribution in [2.45, 2.75) is 12.8 Å². The van der Waals surface area contributed by atoms with Crippen LogP contribution in [0.15, 0.2) is 0 Å². The Labute approximate surface area is 96.0 Å². The molecule has 0 atom stereocenters. The van der Waals surface area contributed by atoms with Crippen LogP contribution in [0.3, 0.4) is 0 Å². The van der Waals surface area contributed by atoms with Crippen molar-refractivity contribution in [3.8, 4) is 12.3 Å². The van der Waals surface area contributed by atoms with E-state index in [1.54, 1.807) is 0 Å². The number of rotatable bonds is 7. The third-order valence-electron chi connectivity index (χ3n) is 1.98. The second-order valence-electron chi connectivity index (χ2n) is 3.72. The zero-order valence-corrected chi connectivity index (χ0v) is 9.77. The summed E-state index contributed by atoms with van der Waals surface area (Å²) in [6.07, 6.45) is 5.60. The van der Waals surface area contributed by atoms with E-state index in [-0.39, 0.29) is 18.9 Å². The fourth-order valence-corrected chi connectivity index (χ4v) is 1.11. The van der Waals surface area contributed by atoms with Crippen LogP contribution in [0.25, 0.3) is 0 Å². The maximum atomic E-state index is 11.6. The monoisotopic (exact) mass is 226 g/mol. The van der Waals surface area contributed by atoms with Gasteiger partial charge in [-0.15, -0.1) is 12.3 Å². The summed E-state index contributed by atoms with van der Waals surface area (Å²) in [4.78, 5) is 25.4. The third kappa shape index (κ3) is 6.85. The summed E-state index contributed by atoms with van der Waals surface area (Å²) in [5.41, 5.74) is 0. The van der Waals surface area contributed by atoms with Gasteiger partial charge >= 0.3 is 5.97 Å². The van der Waals surface area contributed by atoms with Crippen LogP contribution in [0.1, 0.15) is 12.8 Å². The molecule has 0 fully saturated rings. The van der Waals surface area contributed by atoms with Gasteiger partial charge in [0.2, 0.25) is 5.91 Å². The molecule has 0 aromatic heterocycles. The van der Waals surface area contributed by atoms with Crippen molar-refractivity contribution >= 4 is 11.9 Å². The third-order valence-corrected chi connectivity index (χ3v) is 1.98. The van der Waals surface area contributed by atoms with Gasteiger partial charge in [0.1, 0.15) is 6.54 Å². The van der Waals surface area contributed by atoms with E-state index in [4.69, 9.17) is 11.5 Å². The summed E-state index contributed by atoms with van der Waals surface area (Å²) in [6, 6.07) is 0. The molecule has 0 saturated heterocycles. The number of amides is 1. The Morgan fingerprint density at radius 3 is 2.38 bits per heavy atom. The molecule has 0 aromatic rings. The van der Waals surface area contributed by atoms with Gasteiger partial charge in [-0.3, -0.25) is 9.59 Å². The van der Waals surface area contributed by atoms with Crippen molar-refractivity contribution in [1.82, 2.24) is 9.80 Å². The zero-order chi connectivity index (χ0) is 12.6. The molecule has 1 N–H and O–H groups in total. The summed E-state index contributed by atoms with van der Waals surface area (Å²) in [5, 5.41) is 8.68. The van der Waals surface area contributed by atoms with E-state index in [9.17, 15) is 9.59 Å². The average Bonchev–Trinajstić information content (AvgIpc) is 2.19. The van der Waals surface area contributed by atoms with Gasteiger partial charge in [0, 0.05) is 25.9 Å². The maximum Gasteiger partial charge on any atom is 0.323 e. The van der Waals surface area contributed by atoms with E-state index in [1.807, 2.05) is 19.0 Å². The minimum absolute atomic E-state index is 0.206. The molecule has 5 heteroatoms. The van der Waals surface area contributed by atoms with Gasteiger partial charge in [0.05, 0.1) is 0 Å². The van der Waals surface area contributed by atoms with E-state index < -0.39 is 5.97 Å². The quantitative estimate of drug-likeness (QED) is 0.615. The van der Waals surface area contributed by atoms with Crippen LogP contribution >= 0.6 is 0 Å². The first-order valence-electron chi connectivity index (χ1n) is 5.05. The predicted octanol–water partition coefficient (Wildman–Crippen LogP) is -0.125. The fraction of sp³-hybridized carbons (Fsp3) is 0.636. The molecule has 0 aliphatic carbocycles. The van der Waals surface area contributed by atoms with Gasteiger partial charge in [-0.2, -0.15) is 0 Å². The van der Waals surface area contributed by atoms with Crippen LogP contribution < -0.4 is 0 Å². The number of carbonyl (C=O) groups is 2. The lowest BCUT2D eigenvalue weighted by atomic mass is 10.2. The van der Waals surface area contributed by atoms with Crippen LogP contribution in [0.5, 0.6) is 0 Å². The molecule has 0 aliphatic rings. The molecule has 1 amide bonds. The van der Waals surface area contributed by atoms with Crippen LogP contribution in [0.4, 0.5) is 0 Å². The second-order valence-corrected chi connectivity index (χ2v) is 3.72. The number of carboxylic acid groups (broad SMARTS) is 1. The lowest BCUT2D eigenvalue weighted by molar-refractivity contribution is -0.144. The molecule has 0 radical (unpaired) electrons. The maximum absolute atomic E-state index is 11.6. The Morgan fingerprint density at radius 2 is 1.94 bits per heavy atom. The summed E-state index contributed by atoms with van der Waals surface area (Å²) >= 11 is 0. The number of terminal acetylenes is 1. The number of carbonyl (C=O) groups excluding carboxylic acids is 1. The van der Waals surface area contributed by atoms with Gasteiger partial charge in [-0.1, -0.05) is 0 Å². The number of likely N-dealkylation sites (N-methyl/N-ethyl adjacent to an activating group) is 1. The molecule has 0 bridgehead atoms. The predicted molar refractivity (Wildman–Crippen MR) is 60.8 cm³/mol. The van der Waals surface area contributed by atoms with Crippen LogP contribution in [0, 0.1) is 12.3 Å². The van der Waals surface area contributed by atoms with Gasteiger partial charge < -0.3 is 14.9 Å². The van der Waals surface area contributed by atoms with E-state index in [1.165, 1.54) is 4.90 Å². The molecular formula is C11H18N2O3. The summed E-state index contributed by atoms with van der Waals surface area (Å²) in [6.45, 7) is 0.773. The standard InChI is InChI=1S/C11H18N2O3/c1-4-5-6-10(14)13(9-11(15)16)8-7-12(2)3/h1H,5-9H2,2-3H3,(H,15,16). The lowest BCUT2D eigenvalue weighted by Crippen LogP contribution is -2.39. The fourth-order valence-electron chi connectivity index (χ4n) is 1.11. The Morgan fingerprint density at radius 1 is 1.31 bits per heavy atom. The summed E-state index contributed by atoms with van der Waals surface area (Å²) in [7, 11) is 3.73. The van der Waals surface area contributed by atoms with E-state index in [2.05, 4.69) is 5.92 Å². The highest BCUT2D eigenvalue weighted by Crippen LogP contribution is 1.98. The zero-order valence-electron chi connectivity index (χ0n) is 9.77. The van der Waals surface area contributed by atoms with Gasteiger partial charge in [0.15, 0.2) is 0 Å². The van der Waals surface area contributed by atoms with E-state index >= 15 is 0 Å². The molecule has 0 saturated carbocycles. The molecule has 0 heterocycles. The van der Waals surface area contributed by atoms with E-state index in [0.29, 0.717) is 19.5 Å². The highest BCUT2D eigenvalue weighted by Gasteiger charge is 2.15. The van der Waals surface area contributed by atoms with Gasteiger partial charge in [-0.05, 0) is 14.1 Å². The minimum Gasteiger partial charge on any atom is -0.480 e. The normalized spacial score (nSPS) is 9.88. The van der Waals surface area contributed by atoms with Crippen LogP contribution in [-0.4, -0.2) is 60.5 Å². The van der Waals surface area contributed by atoms with Crippen molar-refractivity contribution in [2.24, 2.45) is 0 Å². The Balaban J connectivity index is 4.24. The van der Waals surface area contributed by atoms with Crippen molar-refractivity contribution in [3.05, 3.63) is 0 Å². The van der Waals surface area contributed by atoms with Gasteiger partial charge in [-0.25, -0.2) is 0 Å². The summed E-state index contributed by atoms with van der Waals surface area (Å²) in [5.74, 6) is 1.15. The number of hydrogen-bond acceptors (Lipinski definition) is 3. The van der Waals surface area contributed by atoms with Crippen LogP contribution in [-0.2, 0) is 9.59 Å². The van der Waals surface area contributed by atoms with Crippen molar-refractivity contribution in [2.75, 3.05) is 33.7 Å². The number of hydrogen-bond donors (Lipinski definition) is 1. The first kappa shape index (κ1) is 14.5. The Kier molecular flexibility index (Phi) is 6.97. The Hall–Kier alpha value is -1.54. The SMILES string of the molecule is C#CCCC(=O)N(CCN(C)C)CC(=O)O. The molecule has 90 valence electrons. The minimum atomic E-state index is -1.01. The molecule has 0 aliphatic heterocycles. The van der Waals surface area contributed by atoms with Crippen molar-refractivity contribution in [1.29, 1.82) is 0 Å². The lowest BCUT2D eigenvalue weighted by Gasteiger charge is -2.22. The molecule has 16 heavy (non-hydrogen) atoms. The van der Waals surface area contributed by atoms with Crippen molar-refractivity contribution in [3.63, 3.8) is 0 Å². The molecule has 0 unspecified atom stereocenters. The first-order chi connectivity index (χ1) is 7.47. The van der Waals surface area contributed by atoms with Gasteiger partial charge in [0.25, 0.3) is 0 Å². The second kappa shape index (κ2) is 7.71. The average molecular weight is 226 g/mol. The number of carboxylic acids is 1. The molecule has 0 spiro atoms. The molecular weight excluding hydrogens is 208 g/mol. The smallest absolute Gasteiger partial charge is 0.323 e. The first-order valence-corrected chi connectivity index (χ1v) is 5.05. The highest BCUT2D eigenvalue weighted by molar-refractivity contribution is 5.81. The van der Waals surface area contributed by atoms with E-state index in [0.717, 1.165) is 0 Å². The number of nitrogens with zero attached hydrogens (tertiary/aromatic N) is 2. The summed E-state index contributed by atoms with van der Waals surface area (Å²) < 4.78 is 0. The molecule has 0 rings (SSSR count). The highest BCUT2D eigenvalue weighted by atomic mass is 16.4. The molecule has 0 aromatic carbocycles. The Bertz CT molecular complexity index is 281. The molecule has 5 nitrogen and oxygen atoms in total. The van der Waals surface area contributed by atoms with Crippen molar-refractivity contribution < 1.29 is 14.7 Å². The topological polar surface area (TPSA) is 60.9 Å². The van der Waals surface area contributed by atoms with Crippen LogP contribution in [0.2, 0.25) is 0 Å². The number of aliphatic carboxylic acids is 1. The largest absolute Gasteiger partial charge is 0.480 e.